The molecule has 1 aromatic rings. The van der Waals surface area contributed by atoms with Crippen LogP contribution in [0.1, 0.15) is 19.8 Å². The van der Waals surface area contributed by atoms with Crippen LogP contribution in [0.5, 0.6) is 5.75 Å². The summed E-state index contributed by atoms with van der Waals surface area (Å²) in [7, 11) is -3.41. The van der Waals surface area contributed by atoms with E-state index in [2.05, 4.69) is 11.6 Å². The molecule has 0 spiro atoms. The van der Waals surface area contributed by atoms with Crippen molar-refractivity contribution in [1.29, 1.82) is 0 Å². The zero-order valence-electron chi connectivity index (χ0n) is 11.7. The molecule has 0 amide bonds. The van der Waals surface area contributed by atoms with Gasteiger partial charge >= 0.3 is 0 Å². The van der Waals surface area contributed by atoms with E-state index < -0.39 is 10.0 Å². The highest BCUT2D eigenvalue weighted by atomic mass is 32.2. The minimum Gasteiger partial charge on any atom is -0.494 e. The van der Waals surface area contributed by atoms with Gasteiger partial charge in [-0.1, -0.05) is 6.92 Å². The Hall–Kier alpha value is -1.11. The summed E-state index contributed by atoms with van der Waals surface area (Å²) >= 11 is 0. The monoisotopic (exact) mass is 298 g/mol. The summed E-state index contributed by atoms with van der Waals surface area (Å²) < 4.78 is 32.2. The Balaban J connectivity index is 1.90. The molecule has 1 aromatic carbocycles. The van der Waals surface area contributed by atoms with Gasteiger partial charge in [-0.2, -0.15) is 0 Å². The van der Waals surface area contributed by atoms with Crippen molar-refractivity contribution < 1.29 is 13.2 Å². The number of sulfonamides is 1. The lowest BCUT2D eigenvalue weighted by Crippen LogP contribution is -2.26. The first-order chi connectivity index (χ1) is 9.53. The number of rotatable bonds is 8. The fraction of sp³-hybridized carbons (Fsp3) is 0.571. The average molecular weight is 298 g/mol. The van der Waals surface area contributed by atoms with E-state index >= 15 is 0 Å². The van der Waals surface area contributed by atoms with Crippen molar-refractivity contribution in [1.82, 2.24) is 4.72 Å². The molecule has 0 radical (unpaired) electrons. The maximum Gasteiger partial charge on any atom is 0.240 e. The predicted molar refractivity (Wildman–Crippen MR) is 78.1 cm³/mol. The molecule has 0 saturated heterocycles. The normalized spacial score (nSPS) is 21.7. The van der Waals surface area contributed by atoms with Crippen LogP contribution < -0.4 is 15.2 Å². The van der Waals surface area contributed by atoms with Crippen molar-refractivity contribution in [2.75, 3.05) is 19.7 Å². The van der Waals surface area contributed by atoms with Gasteiger partial charge in [0.05, 0.1) is 11.5 Å². The standard InChI is InChI=1S/C14H22N2O3S/c1-11-9-12(11)10-16-20(17,18)14-5-3-13(4-6-14)19-8-2-7-15/h3-6,11-12,16H,2,7-10,15H2,1H3. The summed E-state index contributed by atoms with van der Waals surface area (Å²) in [6.07, 6.45) is 1.89. The Morgan fingerprint density at radius 2 is 2.00 bits per heavy atom. The molecular formula is C14H22N2O3S. The second kappa shape index (κ2) is 6.56. The lowest BCUT2D eigenvalue weighted by atomic mass is 10.3. The van der Waals surface area contributed by atoms with Crippen molar-refractivity contribution in [3.63, 3.8) is 0 Å². The van der Waals surface area contributed by atoms with Crippen molar-refractivity contribution in [2.45, 2.75) is 24.7 Å². The number of ether oxygens (including phenoxy) is 1. The molecule has 2 unspecified atom stereocenters. The van der Waals surface area contributed by atoms with Gasteiger partial charge in [-0.15, -0.1) is 0 Å². The van der Waals surface area contributed by atoms with E-state index in [1.807, 2.05) is 0 Å². The van der Waals surface area contributed by atoms with E-state index in [-0.39, 0.29) is 4.90 Å². The maximum atomic E-state index is 12.1. The van der Waals surface area contributed by atoms with E-state index in [9.17, 15) is 8.42 Å². The summed E-state index contributed by atoms with van der Waals surface area (Å²) in [4.78, 5) is 0.275. The lowest BCUT2D eigenvalue weighted by molar-refractivity contribution is 0.313. The average Bonchev–Trinajstić information content (AvgIpc) is 3.14. The van der Waals surface area contributed by atoms with E-state index in [4.69, 9.17) is 10.5 Å². The van der Waals surface area contributed by atoms with E-state index in [1.54, 1.807) is 24.3 Å². The third-order valence-electron chi connectivity index (χ3n) is 3.56. The Morgan fingerprint density at radius 3 is 2.55 bits per heavy atom. The van der Waals surface area contributed by atoms with Gasteiger partial charge in [-0.05, 0) is 55.5 Å². The van der Waals surface area contributed by atoms with Gasteiger partial charge in [0, 0.05) is 6.54 Å². The van der Waals surface area contributed by atoms with Crippen LogP contribution in [0.2, 0.25) is 0 Å². The third-order valence-corrected chi connectivity index (χ3v) is 5.00. The molecule has 2 atom stereocenters. The van der Waals surface area contributed by atoms with Crippen LogP contribution in [-0.4, -0.2) is 28.1 Å². The second-order valence-electron chi connectivity index (χ2n) is 5.29. The molecule has 1 fully saturated rings. The Kier molecular flexibility index (Phi) is 5.01. The van der Waals surface area contributed by atoms with Crippen LogP contribution in [0.4, 0.5) is 0 Å². The minimum atomic E-state index is -3.41. The first-order valence-corrected chi connectivity index (χ1v) is 8.44. The summed E-state index contributed by atoms with van der Waals surface area (Å²) in [5.41, 5.74) is 5.38. The number of benzene rings is 1. The Morgan fingerprint density at radius 1 is 1.35 bits per heavy atom. The summed E-state index contributed by atoms with van der Waals surface area (Å²) in [5, 5.41) is 0. The van der Waals surface area contributed by atoms with E-state index in [1.165, 1.54) is 0 Å². The SMILES string of the molecule is CC1CC1CNS(=O)(=O)c1ccc(OCCCN)cc1. The zero-order valence-corrected chi connectivity index (χ0v) is 12.5. The van der Waals surface area contributed by atoms with Crippen LogP contribution in [0, 0.1) is 11.8 Å². The highest BCUT2D eigenvalue weighted by Gasteiger charge is 2.33. The molecule has 0 aliphatic heterocycles. The quantitative estimate of drug-likeness (QED) is 0.710. The number of hydrogen-bond acceptors (Lipinski definition) is 4. The Labute approximate surface area is 120 Å². The topological polar surface area (TPSA) is 81.4 Å². The molecule has 5 nitrogen and oxygen atoms in total. The van der Waals surface area contributed by atoms with Gasteiger partial charge in [0.25, 0.3) is 0 Å². The molecule has 1 saturated carbocycles. The molecule has 0 bridgehead atoms. The van der Waals surface area contributed by atoms with Crippen LogP contribution >= 0.6 is 0 Å². The molecule has 0 aromatic heterocycles. The molecule has 1 aliphatic rings. The molecule has 2 rings (SSSR count). The van der Waals surface area contributed by atoms with Crippen LogP contribution in [-0.2, 0) is 10.0 Å². The van der Waals surface area contributed by atoms with Crippen LogP contribution in [0.3, 0.4) is 0 Å². The molecule has 1 aliphatic carbocycles. The second-order valence-corrected chi connectivity index (χ2v) is 7.05. The van der Waals surface area contributed by atoms with Crippen molar-refractivity contribution >= 4 is 10.0 Å². The van der Waals surface area contributed by atoms with Crippen molar-refractivity contribution in [2.24, 2.45) is 17.6 Å². The summed E-state index contributed by atoms with van der Waals surface area (Å²) in [6, 6.07) is 6.47. The molecular weight excluding hydrogens is 276 g/mol. The molecule has 112 valence electrons. The van der Waals surface area contributed by atoms with Gasteiger partial charge in [0.15, 0.2) is 0 Å². The Bertz CT molecular complexity index is 528. The third kappa shape index (κ3) is 4.19. The lowest BCUT2D eigenvalue weighted by Gasteiger charge is -2.08. The highest BCUT2D eigenvalue weighted by molar-refractivity contribution is 7.89. The van der Waals surface area contributed by atoms with E-state index in [0.29, 0.717) is 37.3 Å². The number of nitrogens with one attached hydrogen (secondary N) is 1. The fourth-order valence-electron chi connectivity index (χ4n) is 1.97. The molecule has 20 heavy (non-hydrogen) atoms. The molecule has 0 heterocycles. The first-order valence-electron chi connectivity index (χ1n) is 6.95. The van der Waals surface area contributed by atoms with Crippen LogP contribution in [0.25, 0.3) is 0 Å². The van der Waals surface area contributed by atoms with Crippen molar-refractivity contribution in [3.8, 4) is 5.75 Å². The number of hydrogen-bond donors (Lipinski definition) is 2. The van der Waals surface area contributed by atoms with E-state index in [0.717, 1.165) is 12.8 Å². The predicted octanol–water partition coefficient (Wildman–Crippen LogP) is 1.35. The van der Waals surface area contributed by atoms with Gasteiger partial charge < -0.3 is 10.5 Å². The largest absolute Gasteiger partial charge is 0.494 e. The van der Waals surface area contributed by atoms with Crippen molar-refractivity contribution in [3.05, 3.63) is 24.3 Å². The maximum absolute atomic E-state index is 12.1. The van der Waals surface area contributed by atoms with Gasteiger partial charge in [-0.25, -0.2) is 13.1 Å². The molecule has 3 N–H and O–H groups in total. The van der Waals surface area contributed by atoms with Gasteiger partial charge in [0.1, 0.15) is 5.75 Å². The molecule has 6 heteroatoms. The summed E-state index contributed by atoms with van der Waals surface area (Å²) in [5.74, 6) is 1.79. The van der Waals surface area contributed by atoms with Gasteiger partial charge in [0.2, 0.25) is 10.0 Å². The first kappa shape index (κ1) is 15.3. The summed E-state index contributed by atoms with van der Waals surface area (Å²) in [6.45, 7) is 3.78. The van der Waals surface area contributed by atoms with Crippen LogP contribution in [0.15, 0.2) is 29.2 Å². The smallest absolute Gasteiger partial charge is 0.240 e. The number of nitrogens with two attached hydrogens (primary N) is 1. The van der Waals surface area contributed by atoms with Gasteiger partial charge in [-0.3, -0.25) is 0 Å². The fourth-order valence-corrected chi connectivity index (χ4v) is 3.07. The minimum absolute atomic E-state index is 0.275. The highest BCUT2D eigenvalue weighted by Crippen LogP contribution is 2.37. The zero-order chi connectivity index (χ0) is 14.6.